The third-order valence-corrected chi connectivity index (χ3v) is 5.23. The zero-order chi connectivity index (χ0) is 19.3. The molecule has 0 radical (unpaired) electrons. The molecule has 0 saturated carbocycles. The van der Waals surface area contributed by atoms with Crippen molar-refractivity contribution in [2.45, 2.75) is 24.4 Å². The molecule has 0 N–H and O–H groups in total. The smallest absolute Gasteiger partial charge is 0.226 e. The molecule has 2 aromatic heterocycles. The summed E-state index contributed by atoms with van der Waals surface area (Å²) in [6.45, 7) is 6.59. The van der Waals surface area contributed by atoms with Crippen LogP contribution >= 0.6 is 11.8 Å². The number of aromatic nitrogens is 4. The second-order valence-electron chi connectivity index (χ2n) is 6.37. The lowest BCUT2D eigenvalue weighted by atomic mass is 10.1. The van der Waals surface area contributed by atoms with Gasteiger partial charge in [-0.3, -0.25) is 4.57 Å². The van der Waals surface area contributed by atoms with Crippen molar-refractivity contribution in [2.24, 2.45) is 0 Å². The summed E-state index contributed by atoms with van der Waals surface area (Å²) in [5.41, 5.74) is 4.08. The number of benzene rings is 2. The highest BCUT2D eigenvalue weighted by Gasteiger charge is 2.15. The highest BCUT2D eigenvalue weighted by Crippen LogP contribution is 2.28. The molecule has 0 atom stereocenters. The Bertz CT molecular complexity index is 1080. The van der Waals surface area contributed by atoms with E-state index in [1.54, 1.807) is 18.0 Å². The van der Waals surface area contributed by atoms with Crippen LogP contribution in [-0.2, 0) is 12.3 Å². The first-order chi connectivity index (χ1) is 13.7. The summed E-state index contributed by atoms with van der Waals surface area (Å²) in [6, 6.07) is 18.2. The van der Waals surface area contributed by atoms with Crippen LogP contribution in [-0.4, -0.2) is 19.7 Å². The lowest BCUT2D eigenvalue weighted by Gasteiger charge is -2.07. The van der Waals surface area contributed by atoms with Crippen LogP contribution in [0.1, 0.15) is 11.3 Å². The largest absolute Gasteiger partial charge is 0.444 e. The molecule has 4 aromatic rings. The third kappa shape index (κ3) is 3.92. The van der Waals surface area contributed by atoms with E-state index in [9.17, 15) is 0 Å². The van der Waals surface area contributed by atoms with Gasteiger partial charge in [-0.25, -0.2) is 4.98 Å². The Balaban J connectivity index is 1.54. The molecule has 0 aliphatic heterocycles. The van der Waals surface area contributed by atoms with Crippen molar-refractivity contribution in [1.82, 2.24) is 19.7 Å². The normalized spacial score (nSPS) is 10.9. The molecule has 0 saturated heterocycles. The molecule has 2 aromatic carbocycles. The molecule has 6 heteroatoms. The van der Waals surface area contributed by atoms with Gasteiger partial charge in [0.25, 0.3) is 0 Å². The van der Waals surface area contributed by atoms with E-state index >= 15 is 0 Å². The SMILES string of the molecule is C=CCn1c(SCc2coc(-c3ccccc3)n2)nnc1-c1cccc(C)c1. The summed E-state index contributed by atoms with van der Waals surface area (Å²) in [4.78, 5) is 4.58. The zero-order valence-corrected chi connectivity index (χ0v) is 16.4. The number of hydrogen-bond donors (Lipinski definition) is 0. The fourth-order valence-electron chi connectivity index (χ4n) is 2.91. The van der Waals surface area contributed by atoms with Gasteiger partial charge in [0.05, 0.1) is 5.69 Å². The molecule has 140 valence electrons. The highest BCUT2D eigenvalue weighted by molar-refractivity contribution is 7.98. The second-order valence-corrected chi connectivity index (χ2v) is 7.32. The Morgan fingerprint density at radius 2 is 1.89 bits per heavy atom. The van der Waals surface area contributed by atoms with Crippen LogP contribution in [0.4, 0.5) is 0 Å². The topological polar surface area (TPSA) is 56.7 Å². The fraction of sp³-hybridized carbons (Fsp3) is 0.136. The van der Waals surface area contributed by atoms with E-state index in [0.29, 0.717) is 18.2 Å². The minimum absolute atomic E-state index is 0.629. The number of rotatable bonds is 7. The molecule has 0 amide bonds. The molecule has 0 aliphatic carbocycles. The van der Waals surface area contributed by atoms with Crippen molar-refractivity contribution in [2.75, 3.05) is 0 Å². The van der Waals surface area contributed by atoms with Crippen LogP contribution in [0.25, 0.3) is 22.8 Å². The monoisotopic (exact) mass is 388 g/mol. The number of hydrogen-bond acceptors (Lipinski definition) is 5. The van der Waals surface area contributed by atoms with Gasteiger partial charge < -0.3 is 4.42 Å². The van der Waals surface area contributed by atoms with Gasteiger partial charge in [-0.1, -0.05) is 59.8 Å². The molecule has 0 bridgehead atoms. The number of aryl methyl sites for hydroxylation is 1. The summed E-state index contributed by atoms with van der Waals surface area (Å²) >= 11 is 1.59. The van der Waals surface area contributed by atoms with Gasteiger partial charge in [-0.05, 0) is 25.1 Å². The Morgan fingerprint density at radius 3 is 2.68 bits per heavy atom. The van der Waals surface area contributed by atoms with Crippen LogP contribution in [0, 0.1) is 6.92 Å². The van der Waals surface area contributed by atoms with Gasteiger partial charge in [0.2, 0.25) is 5.89 Å². The van der Waals surface area contributed by atoms with E-state index in [4.69, 9.17) is 4.42 Å². The lowest BCUT2D eigenvalue weighted by Crippen LogP contribution is -2.01. The van der Waals surface area contributed by atoms with E-state index in [1.165, 1.54) is 5.56 Å². The quantitative estimate of drug-likeness (QED) is 0.314. The van der Waals surface area contributed by atoms with Gasteiger partial charge >= 0.3 is 0 Å². The summed E-state index contributed by atoms with van der Waals surface area (Å²) in [7, 11) is 0. The first-order valence-corrected chi connectivity index (χ1v) is 9.97. The minimum Gasteiger partial charge on any atom is -0.444 e. The number of thioether (sulfide) groups is 1. The van der Waals surface area contributed by atoms with Crippen LogP contribution in [0.15, 0.2) is 83.1 Å². The van der Waals surface area contributed by atoms with Crippen molar-refractivity contribution in [1.29, 1.82) is 0 Å². The zero-order valence-electron chi connectivity index (χ0n) is 15.6. The maximum atomic E-state index is 5.62. The molecular formula is C22H20N4OS. The fourth-order valence-corrected chi connectivity index (χ4v) is 3.74. The van der Waals surface area contributed by atoms with Crippen molar-refractivity contribution >= 4 is 11.8 Å². The molecule has 0 spiro atoms. The summed E-state index contributed by atoms with van der Waals surface area (Å²) in [5.74, 6) is 2.12. The van der Waals surface area contributed by atoms with Crippen LogP contribution in [0.2, 0.25) is 0 Å². The Labute approximate surface area is 168 Å². The summed E-state index contributed by atoms with van der Waals surface area (Å²) in [6.07, 6.45) is 3.56. The van der Waals surface area contributed by atoms with Crippen molar-refractivity contribution in [3.05, 3.63) is 84.8 Å². The van der Waals surface area contributed by atoms with E-state index in [1.807, 2.05) is 42.5 Å². The maximum absolute atomic E-state index is 5.62. The highest BCUT2D eigenvalue weighted by atomic mass is 32.2. The third-order valence-electron chi connectivity index (χ3n) is 4.23. The van der Waals surface area contributed by atoms with Crippen molar-refractivity contribution < 1.29 is 4.42 Å². The second kappa shape index (κ2) is 8.27. The molecule has 0 aliphatic rings. The predicted molar refractivity (Wildman–Crippen MR) is 112 cm³/mol. The maximum Gasteiger partial charge on any atom is 0.226 e. The first-order valence-electron chi connectivity index (χ1n) is 8.98. The number of allylic oxidation sites excluding steroid dienone is 1. The first kappa shape index (κ1) is 18.3. The molecular weight excluding hydrogens is 368 g/mol. The molecule has 4 rings (SSSR count). The minimum atomic E-state index is 0.629. The van der Waals surface area contributed by atoms with Gasteiger partial charge in [0.15, 0.2) is 11.0 Å². The van der Waals surface area contributed by atoms with Crippen molar-refractivity contribution in [3.63, 3.8) is 0 Å². The van der Waals surface area contributed by atoms with E-state index in [-0.39, 0.29) is 0 Å². The van der Waals surface area contributed by atoms with Gasteiger partial charge in [-0.15, -0.1) is 16.8 Å². The van der Waals surface area contributed by atoms with Crippen LogP contribution in [0.3, 0.4) is 0 Å². The number of oxazole rings is 1. The van der Waals surface area contributed by atoms with Gasteiger partial charge in [-0.2, -0.15) is 0 Å². The standard InChI is InChI=1S/C22H20N4OS/c1-3-12-26-20(18-11-7-8-16(2)13-18)24-25-22(26)28-15-19-14-27-21(23-19)17-9-5-4-6-10-17/h3-11,13-14H,1,12,15H2,2H3. The summed E-state index contributed by atoms with van der Waals surface area (Å²) in [5, 5.41) is 9.64. The molecule has 0 fully saturated rings. The number of nitrogens with zero attached hydrogens (tertiary/aromatic N) is 4. The van der Waals surface area contributed by atoms with E-state index < -0.39 is 0 Å². The molecule has 2 heterocycles. The molecule has 0 unspecified atom stereocenters. The van der Waals surface area contributed by atoms with E-state index in [0.717, 1.165) is 27.8 Å². The van der Waals surface area contributed by atoms with Crippen LogP contribution in [0.5, 0.6) is 0 Å². The Hall–Kier alpha value is -3.12. The van der Waals surface area contributed by atoms with Crippen LogP contribution < -0.4 is 0 Å². The average molecular weight is 388 g/mol. The predicted octanol–water partition coefficient (Wildman–Crippen LogP) is 5.39. The van der Waals surface area contributed by atoms with Gasteiger partial charge in [0.1, 0.15) is 6.26 Å². The Kier molecular flexibility index (Phi) is 5.39. The average Bonchev–Trinajstić information content (AvgIpc) is 3.35. The summed E-state index contributed by atoms with van der Waals surface area (Å²) < 4.78 is 7.70. The van der Waals surface area contributed by atoms with Gasteiger partial charge in [0, 0.05) is 23.4 Å². The van der Waals surface area contributed by atoms with Crippen molar-refractivity contribution in [3.8, 4) is 22.8 Å². The molecule has 28 heavy (non-hydrogen) atoms. The Morgan fingerprint density at radius 1 is 1.07 bits per heavy atom. The lowest BCUT2D eigenvalue weighted by molar-refractivity contribution is 0.573. The molecule has 5 nitrogen and oxygen atoms in total. The van der Waals surface area contributed by atoms with E-state index in [2.05, 4.69) is 51.5 Å².